The Morgan fingerprint density at radius 1 is 1.55 bits per heavy atom. The standard InChI is InChI=1S/C14H21N3O3/c1-17(9-10-3-5-20-6-4-10)13-7-11(14(18)19-2)12(15)8-16-13/h7-8,10H,3-6,9,15H2,1-2H3. The number of nitrogen functional groups attached to an aromatic ring is 1. The molecule has 1 fully saturated rings. The fourth-order valence-corrected chi connectivity index (χ4v) is 2.36. The molecule has 2 heterocycles. The minimum atomic E-state index is -0.439. The molecule has 0 bridgehead atoms. The number of anilines is 2. The number of esters is 1. The first-order valence-corrected chi connectivity index (χ1v) is 6.74. The second-order valence-electron chi connectivity index (χ2n) is 5.06. The van der Waals surface area contributed by atoms with Crippen LogP contribution in [0.25, 0.3) is 0 Å². The summed E-state index contributed by atoms with van der Waals surface area (Å²) in [6.07, 6.45) is 3.62. The fourth-order valence-electron chi connectivity index (χ4n) is 2.36. The van der Waals surface area contributed by atoms with E-state index in [1.807, 2.05) is 11.9 Å². The molecule has 20 heavy (non-hydrogen) atoms. The first-order valence-electron chi connectivity index (χ1n) is 6.74. The van der Waals surface area contributed by atoms with Gasteiger partial charge >= 0.3 is 5.97 Å². The van der Waals surface area contributed by atoms with Crippen LogP contribution in [0.2, 0.25) is 0 Å². The highest BCUT2D eigenvalue weighted by Crippen LogP contribution is 2.21. The number of rotatable bonds is 4. The summed E-state index contributed by atoms with van der Waals surface area (Å²) in [7, 11) is 3.31. The number of methoxy groups -OCH3 is 1. The third-order valence-corrected chi connectivity index (χ3v) is 3.59. The molecule has 0 amide bonds. The van der Waals surface area contributed by atoms with E-state index in [0.717, 1.165) is 38.4 Å². The third-order valence-electron chi connectivity index (χ3n) is 3.59. The van der Waals surface area contributed by atoms with E-state index in [-0.39, 0.29) is 0 Å². The maximum absolute atomic E-state index is 11.6. The molecule has 0 spiro atoms. The zero-order valence-electron chi connectivity index (χ0n) is 12.0. The summed E-state index contributed by atoms with van der Waals surface area (Å²) in [6.45, 7) is 2.53. The van der Waals surface area contributed by atoms with E-state index in [1.54, 1.807) is 6.07 Å². The van der Waals surface area contributed by atoms with E-state index < -0.39 is 5.97 Å². The predicted molar refractivity (Wildman–Crippen MR) is 76.8 cm³/mol. The van der Waals surface area contributed by atoms with Crippen LogP contribution >= 0.6 is 0 Å². The maximum atomic E-state index is 11.6. The molecule has 1 aliphatic heterocycles. The van der Waals surface area contributed by atoms with Gasteiger partial charge in [0.15, 0.2) is 0 Å². The van der Waals surface area contributed by atoms with Gasteiger partial charge in [-0.3, -0.25) is 0 Å². The van der Waals surface area contributed by atoms with Gasteiger partial charge < -0.3 is 20.1 Å². The lowest BCUT2D eigenvalue weighted by molar-refractivity contribution is 0.0602. The molecule has 0 aliphatic carbocycles. The van der Waals surface area contributed by atoms with Crippen LogP contribution < -0.4 is 10.6 Å². The quantitative estimate of drug-likeness (QED) is 0.837. The van der Waals surface area contributed by atoms with Crippen molar-refractivity contribution in [3.63, 3.8) is 0 Å². The summed E-state index contributed by atoms with van der Waals surface area (Å²) in [4.78, 5) is 18.0. The topological polar surface area (TPSA) is 77.7 Å². The monoisotopic (exact) mass is 279 g/mol. The van der Waals surface area contributed by atoms with Crippen molar-refractivity contribution in [3.05, 3.63) is 17.8 Å². The molecule has 1 aromatic rings. The Kier molecular flexibility index (Phi) is 4.79. The van der Waals surface area contributed by atoms with Crippen molar-refractivity contribution in [3.8, 4) is 0 Å². The number of carbonyl (C=O) groups is 1. The molecule has 1 saturated heterocycles. The summed E-state index contributed by atoms with van der Waals surface area (Å²) < 4.78 is 10.1. The zero-order valence-corrected chi connectivity index (χ0v) is 12.0. The van der Waals surface area contributed by atoms with Crippen molar-refractivity contribution in [1.29, 1.82) is 0 Å². The van der Waals surface area contributed by atoms with Crippen molar-refractivity contribution in [2.45, 2.75) is 12.8 Å². The van der Waals surface area contributed by atoms with Gasteiger partial charge in [0.1, 0.15) is 5.82 Å². The summed E-state index contributed by atoms with van der Waals surface area (Å²) in [5.41, 5.74) is 6.44. The molecule has 1 aliphatic rings. The van der Waals surface area contributed by atoms with Gasteiger partial charge in [0.2, 0.25) is 0 Å². The van der Waals surface area contributed by atoms with Gasteiger partial charge in [0, 0.05) is 26.8 Å². The van der Waals surface area contributed by atoms with Crippen LogP contribution in [0.5, 0.6) is 0 Å². The van der Waals surface area contributed by atoms with Gasteiger partial charge in [-0.05, 0) is 24.8 Å². The molecule has 110 valence electrons. The van der Waals surface area contributed by atoms with Crippen molar-refractivity contribution in [2.75, 3.05) is 44.5 Å². The number of pyridine rings is 1. The first kappa shape index (κ1) is 14.6. The van der Waals surface area contributed by atoms with Crippen LogP contribution in [-0.2, 0) is 9.47 Å². The molecule has 0 aromatic carbocycles. The Balaban J connectivity index is 2.09. The number of carbonyl (C=O) groups excluding carboxylic acids is 1. The highest BCUT2D eigenvalue weighted by atomic mass is 16.5. The minimum Gasteiger partial charge on any atom is -0.465 e. The summed E-state index contributed by atoms with van der Waals surface area (Å²) in [5.74, 6) is 0.881. The van der Waals surface area contributed by atoms with E-state index >= 15 is 0 Å². The van der Waals surface area contributed by atoms with Crippen LogP contribution in [0.3, 0.4) is 0 Å². The second kappa shape index (κ2) is 6.56. The van der Waals surface area contributed by atoms with Crippen molar-refractivity contribution in [1.82, 2.24) is 4.98 Å². The normalized spacial score (nSPS) is 15.9. The SMILES string of the molecule is COC(=O)c1cc(N(C)CC2CCOCC2)ncc1N. The molecule has 6 heteroatoms. The lowest BCUT2D eigenvalue weighted by Gasteiger charge is -2.28. The number of aromatic nitrogens is 1. The average Bonchev–Trinajstić information content (AvgIpc) is 2.48. The predicted octanol–water partition coefficient (Wildman–Crippen LogP) is 1.31. The molecule has 2 N–H and O–H groups in total. The van der Waals surface area contributed by atoms with E-state index in [2.05, 4.69) is 4.98 Å². The van der Waals surface area contributed by atoms with Crippen LogP contribution in [0.4, 0.5) is 11.5 Å². The Bertz CT molecular complexity index is 473. The summed E-state index contributed by atoms with van der Waals surface area (Å²) in [6, 6.07) is 1.68. The molecule has 0 atom stereocenters. The molecule has 0 radical (unpaired) electrons. The van der Waals surface area contributed by atoms with Gasteiger partial charge in [-0.15, -0.1) is 0 Å². The minimum absolute atomic E-state index is 0.333. The van der Waals surface area contributed by atoms with Crippen LogP contribution in [0, 0.1) is 5.92 Å². The average molecular weight is 279 g/mol. The van der Waals surface area contributed by atoms with Gasteiger partial charge in [0.25, 0.3) is 0 Å². The molecular weight excluding hydrogens is 258 g/mol. The van der Waals surface area contributed by atoms with Crippen LogP contribution in [0.1, 0.15) is 23.2 Å². The summed E-state index contributed by atoms with van der Waals surface area (Å²) >= 11 is 0. The van der Waals surface area contributed by atoms with Gasteiger partial charge in [0.05, 0.1) is 24.6 Å². The van der Waals surface area contributed by atoms with E-state index in [4.69, 9.17) is 15.2 Å². The second-order valence-corrected chi connectivity index (χ2v) is 5.06. The number of nitrogens with zero attached hydrogens (tertiary/aromatic N) is 2. The lowest BCUT2D eigenvalue weighted by atomic mass is 10.00. The molecule has 6 nitrogen and oxygen atoms in total. The maximum Gasteiger partial charge on any atom is 0.340 e. The fraction of sp³-hybridized carbons (Fsp3) is 0.571. The number of nitrogens with two attached hydrogens (primary N) is 1. The Morgan fingerprint density at radius 3 is 2.90 bits per heavy atom. The Labute approximate surface area is 118 Å². The third kappa shape index (κ3) is 3.39. The number of hydrogen-bond acceptors (Lipinski definition) is 6. The molecule has 2 rings (SSSR count). The Hall–Kier alpha value is -1.82. The number of ether oxygens (including phenoxy) is 2. The van der Waals surface area contributed by atoms with Crippen molar-refractivity contribution >= 4 is 17.5 Å². The molecule has 1 aromatic heterocycles. The highest BCUT2D eigenvalue weighted by molar-refractivity contribution is 5.95. The van der Waals surface area contributed by atoms with Crippen LogP contribution in [0.15, 0.2) is 12.3 Å². The molecular formula is C14H21N3O3. The van der Waals surface area contributed by atoms with E-state index in [1.165, 1.54) is 13.3 Å². The lowest BCUT2D eigenvalue weighted by Crippen LogP contribution is -2.30. The molecule has 0 unspecified atom stereocenters. The smallest absolute Gasteiger partial charge is 0.340 e. The van der Waals surface area contributed by atoms with Gasteiger partial charge in [-0.25, -0.2) is 9.78 Å². The zero-order chi connectivity index (χ0) is 14.5. The Morgan fingerprint density at radius 2 is 2.25 bits per heavy atom. The van der Waals surface area contributed by atoms with Crippen LogP contribution in [-0.4, -0.2) is 44.9 Å². The highest BCUT2D eigenvalue weighted by Gasteiger charge is 2.18. The first-order chi connectivity index (χ1) is 9.61. The summed E-state index contributed by atoms with van der Waals surface area (Å²) in [5, 5.41) is 0. The van der Waals surface area contributed by atoms with E-state index in [0.29, 0.717) is 17.2 Å². The van der Waals surface area contributed by atoms with Crippen molar-refractivity contribution in [2.24, 2.45) is 5.92 Å². The van der Waals surface area contributed by atoms with Crippen molar-refractivity contribution < 1.29 is 14.3 Å². The van der Waals surface area contributed by atoms with Gasteiger partial charge in [-0.2, -0.15) is 0 Å². The number of hydrogen-bond donors (Lipinski definition) is 1. The van der Waals surface area contributed by atoms with E-state index in [9.17, 15) is 4.79 Å². The van der Waals surface area contributed by atoms with Gasteiger partial charge in [-0.1, -0.05) is 0 Å². The molecule has 0 saturated carbocycles. The largest absolute Gasteiger partial charge is 0.465 e.